The lowest BCUT2D eigenvalue weighted by atomic mass is 9.97. The fourth-order valence-corrected chi connectivity index (χ4v) is 4.63. The maximum atomic E-state index is 12.7. The quantitative estimate of drug-likeness (QED) is 0.660. The third-order valence-electron chi connectivity index (χ3n) is 6.67. The highest BCUT2D eigenvalue weighted by Crippen LogP contribution is 2.29. The van der Waals surface area contributed by atoms with E-state index in [9.17, 15) is 9.59 Å². The fraction of sp³-hybridized carbons (Fsp3) is 0.458. The number of carbonyl (C=O) groups excluding carboxylic acids is 2. The third kappa shape index (κ3) is 4.67. The summed E-state index contributed by atoms with van der Waals surface area (Å²) in [7, 11) is 0. The Kier molecular flexibility index (Phi) is 5.93. The maximum Gasteiger partial charge on any atom is 0.317 e. The number of likely N-dealkylation sites (tertiary alicyclic amines) is 2. The number of carbonyl (C=O) groups is 2. The molecule has 0 saturated carbocycles. The minimum atomic E-state index is -0.0266. The van der Waals surface area contributed by atoms with Crippen LogP contribution in [0.2, 0.25) is 0 Å². The van der Waals surface area contributed by atoms with Crippen LogP contribution in [0.5, 0.6) is 0 Å². The number of urea groups is 1. The zero-order valence-corrected chi connectivity index (χ0v) is 18.7. The van der Waals surface area contributed by atoms with Crippen molar-refractivity contribution < 1.29 is 14.1 Å². The SMILES string of the molecule is CC(=O)N1CCC(NC(=O)N2CCC(c3nc(-c4ccc5ccccc5n4)no3)CC2)CC1. The first-order valence-corrected chi connectivity index (χ1v) is 11.6. The smallest absolute Gasteiger partial charge is 0.317 e. The molecular weight excluding hydrogens is 420 g/mol. The van der Waals surface area contributed by atoms with E-state index in [0.717, 1.165) is 36.6 Å². The first kappa shape index (κ1) is 21.4. The Morgan fingerprint density at radius 3 is 2.42 bits per heavy atom. The van der Waals surface area contributed by atoms with Crippen LogP contribution in [0.1, 0.15) is 44.4 Å². The summed E-state index contributed by atoms with van der Waals surface area (Å²) in [6.45, 7) is 4.29. The van der Waals surface area contributed by atoms with Gasteiger partial charge in [-0.3, -0.25) is 4.79 Å². The van der Waals surface area contributed by atoms with E-state index < -0.39 is 0 Å². The summed E-state index contributed by atoms with van der Waals surface area (Å²) in [5.74, 6) is 1.33. The molecule has 0 radical (unpaired) electrons. The van der Waals surface area contributed by atoms with Crippen LogP contribution in [0.4, 0.5) is 4.79 Å². The lowest BCUT2D eigenvalue weighted by Gasteiger charge is -2.35. The number of aromatic nitrogens is 3. The molecule has 9 heteroatoms. The van der Waals surface area contributed by atoms with Crippen LogP contribution in [-0.2, 0) is 4.79 Å². The van der Waals surface area contributed by atoms with Crippen LogP contribution in [0.3, 0.4) is 0 Å². The second-order valence-corrected chi connectivity index (χ2v) is 8.84. The summed E-state index contributed by atoms with van der Waals surface area (Å²) in [6.07, 6.45) is 3.16. The number of benzene rings is 1. The highest BCUT2D eigenvalue weighted by molar-refractivity contribution is 5.80. The molecule has 0 bridgehead atoms. The van der Waals surface area contributed by atoms with Crippen molar-refractivity contribution in [1.29, 1.82) is 0 Å². The number of nitrogens with one attached hydrogen (secondary N) is 1. The first-order chi connectivity index (χ1) is 16.1. The van der Waals surface area contributed by atoms with E-state index in [2.05, 4.69) is 20.4 Å². The number of fused-ring (bicyclic) bond motifs is 1. The molecule has 1 N–H and O–H groups in total. The monoisotopic (exact) mass is 448 g/mol. The van der Waals surface area contributed by atoms with E-state index in [1.54, 1.807) is 6.92 Å². The summed E-state index contributed by atoms with van der Waals surface area (Å²) >= 11 is 0. The molecule has 172 valence electrons. The van der Waals surface area contributed by atoms with Gasteiger partial charge in [-0.15, -0.1) is 0 Å². The standard InChI is InChI=1S/C24H28N6O3/c1-16(31)29-14-10-19(11-15-29)25-24(32)30-12-8-18(9-13-30)23-27-22(28-33-23)21-7-6-17-4-2-3-5-20(17)26-21/h2-7,18-19H,8-15H2,1H3,(H,25,32). The Bertz CT molecular complexity index is 1150. The summed E-state index contributed by atoms with van der Waals surface area (Å²) < 4.78 is 5.56. The van der Waals surface area contributed by atoms with E-state index in [1.807, 2.05) is 46.2 Å². The van der Waals surface area contributed by atoms with Gasteiger partial charge in [-0.25, -0.2) is 9.78 Å². The number of hydrogen-bond donors (Lipinski definition) is 1. The maximum absolute atomic E-state index is 12.7. The van der Waals surface area contributed by atoms with Gasteiger partial charge in [-0.1, -0.05) is 29.4 Å². The van der Waals surface area contributed by atoms with E-state index in [4.69, 9.17) is 4.52 Å². The van der Waals surface area contributed by atoms with Crippen molar-refractivity contribution in [2.45, 2.75) is 44.6 Å². The number of rotatable bonds is 3. The molecule has 2 saturated heterocycles. The van der Waals surface area contributed by atoms with E-state index >= 15 is 0 Å². The van der Waals surface area contributed by atoms with Gasteiger partial charge in [0.2, 0.25) is 17.6 Å². The molecule has 0 unspecified atom stereocenters. The summed E-state index contributed by atoms with van der Waals surface area (Å²) in [5.41, 5.74) is 1.59. The van der Waals surface area contributed by atoms with Crippen LogP contribution in [0.15, 0.2) is 40.9 Å². The van der Waals surface area contributed by atoms with Gasteiger partial charge < -0.3 is 19.6 Å². The van der Waals surface area contributed by atoms with Crippen molar-refractivity contribution in [1.82, 2.24) is 30.2 Å². The predicted molar refractivity (Wildman–Crippen MR) is 122 cm³/mol. The van der Waals surface area contributed by atoms with Gasteiger partial charge in [0.25, 0.3) is 0 Å². The van der Waals surface area contributed by atoms with Crippen molar-refractivity contribution in [3.63, 3.8) is 0 Å². The van der Waals surface area contributed by atoms with Gasteiger partial charge >= 0.3 is 6.03 Å². The first-order valence-electron chi connectivity index (χ1n) is 11.6. The zero-order valence-electron chi connectivity index (χ0n) is 18.7. The molecular formula is C24H28N6O3. The van der Waals surface area contributed by atoms with Crippen molar-refractivity contribution >= 4 is 22.8 Å². The van der Waals surface area contributed by atoms with Gasteiger partial charge in [0, 0.05) is 50.4 Å². The topological polar surface area (TPSA) is 104 Å². The van der Waals surface area contributed by atoms with Gasteiger partial charge in [0.05, 0.1) is 5.52 Å². The lowest BCUT2D eigenvalue weighted by Crippen LogP contribution is -2.51. The molecule has 2 aliphatic rings. The number of amides is 3. The molecule has 0 spiro atoms. The van der Waals surface area contributed by atoms with Gasteiger partial charge in [0.15, 0.2) is 0 Å². The van der Waals surface area contributed by atoms with Crippen molar-refractivity contribution in [2.75, 3.05) is 26.2 Å². The average molecular weight is 449 g/mol. The van der Waals surface area contributed by atoms with E-state index in [-0.39, 0.29) is 23.9 Å². The number of piperidine rings is 2. The van der Waals surface area contributed by atoms with Crippen LogP contribution >= 0.6 is 0 Å². The Balaban J connectivity index is 1.15. The van der Waals surface area contributed by atoms with E-state index in [1.165, 1.54) is 0 Å². The number of pyridine rings is 1. The molecule has 5 rings (SSSR count). The number of para-hydroxylation sites is 1. The van der Waals surface area contributed by atoms with Crippen LogP contribution in [0, 0.1) is 0 Å². The van der Waals surface area contributed by atoms with Crippen molar-refractivity contribution in [3.05, 3.63) is 42.3 Å². The van der Waals surface area contributed by atoms with Gasteiger partial charge in [-0.2, -0.15) is 4.98 Å². The van der Waals surface area contributed by atoms with Crippen LogP contribution in [-0.4, -0.2) is 69.1 Å². The highest BCUT2D eigenvalue weighted by atomic mass is 16.5. The minimum Gasteiger partial charge on any atom is -0.343 e. The summed E-state index contributed by atoms with van der Waals surface area (Å²) in [5, 5.41) is 8.35. The normalized spacial score (nSPS) is 18.0. The van der Waals surface area contributed by atoms with Crippen molar-refractivity contribution in [2.24, 2.45) is 0 Å². The summed E-state index contributed by atoms with van der Waals surface area (Å²) in [6, 6.07) is 11.9. The molecule has 9 nitrogen and oxygen atoms in total. The largest absolute Gasteiger partial charge is 0.343 e. The molecule has 3 amide bonds. The number of hydrogen-bond acceptors (Lipinski definition) is 6. The Labute approximate surface area is 192 Å². The molecule has 3 aromatic rings. The minimum absolute atomic E-state index is 0.0266. The molecule has 2 fully saturated rings. The predicted octanol–water partition coefficient (Wildman–Crippen LogP) is 3.18. The molecule has 2 aromatic heterocycles. The third-order valence-corrected chi connectivity index (χ3v) is 6.67. The Hall–Kier alpha value is -3.49. The second-order valence-electron chi connectivity index (χ2n) is 8.84. The molecule has 1 aromatic carbocycles. The molecule has 4 heterocycles. The molecule has 2 aliphatic heterocycles. The average Bonchev–Trinajstić information content (AvgIpc) is 3.34. The molecule has 33 heavy (non-hydrogen) atoms. The summed E-state index contributed by atoms with van der Waals surface area (Å²) in [4.78, 5) is 37.1. The number of nitrogens with zero attached hydrogens (tertiary/aromatic N) is 5. The molecule has 0 atom stereocenters. The van der Waals surface area contributed by atoms with Crippen LogP contribution in [0.25, 0.3) is 22.4 Å². The van der Waals surface area contributed by atoms with E-state index in [0.29, 0.717) is 43.6 Å². The van der Waals surface area contributed by atoms with Crippen LogP contribution < -0.4 is 5.32 Å². The molecule has 0 aliphatic carbocycles. The zero-order chi connectivity index (χ0) is 22.8. The van der Waals surface area contributed by atoms with Gasteiger partial charge in [0.1, 0.15) is 5.69 Å². The Morgan fingerprint density at radius 2 is 1.67 bits per heavy atom. The second kappa shape index (κ2) is 9.17. The van der Waals surface area contributed by atoms with Crippen molar-refractivity contribution in [3.8, 4) is 11.5 Å². The lowest BCUT2D eigenvalue weighted by molar-refractivity contribution is -0.129. The Morgan fingerprint density at radius 1 is 0.939 bits per heavy atom. The fourth-order valence-electron chi connectivity index (χ4n) is 4.63. The van der Waals surface area contributed by atoms with Gasteiger partial charge in [-0.05, 0) is 37.8 Å². The highest BCUT2D eigenvalue weighted by Gasteiger charge is 2.29.